The molecule has 3 aromatic rings. The second kappa shape index (κ2) is 10.8. The standard InChI is InChI=1S/C31H35N3O4/c1-19-10-6-8-12-23(19)32-29(36)27-25(35)18-31(3,38)28(30(37)33-24-13-9-7-11-20(24)2)26(27)21-14-16-22(17-15-21)34(4)5/h6-17,26-28,38H,18H2,1-5H3,(H,32,36)(H,33,37). The topological polar surface area (TPSA) is 98.7 Å². The van der Waals surface area contributed by atoms with E-state index in [1.165, 1.54) is 6.92 Å². The van der Waals surface area contributed by atoms with Crippen LogP contribution in [0.2, 0.25) is 0 Å². The van der Waals surface area contributed by atoms with Gasteiger partial charge in [-0.15, -0.1) is 0 Å². The number of carbonyl (C=O) groups is 3. The van der Waals surface area contributed by atoms with Crippen molar-refractivity contribution in [1.29, 1.82) is 0 Å². The molecule has 38 heavy (non-hydrogen) atoms. The summed E-state index contributed by atoms with van der Waals surface area (Å²) in [5, 5.41) is 17.4. The highest BCUT2D eigenvalue weighted by molar-refractivity contribution is 6.10. The van der Waals surface area contributed by atoms with E-state index in [1.54, 1.807) is 12.1 Å². The van der Waals surface area contributed by atoms with Crippen LogP contribution in [-0.2, 0) is 14.4 Å². The van der Waals surface area contributed by atoms with E-state index in [0.717, 1.165) is 16.8 Å². The van der Waals surface area contributed by atoms with Crippen LogP contribution >= 0.6 is 0 Å². The fraction of sp³-hybridized carbons (Fsp3) is 0.323. The van der Waals surface area contributed by atoms with Crippen molar-refractivity contribution >= 4 is 34.7 Å². The van der Waals surface area contributed by atoms with Gasteiger partial charge in [0.1, 0.15) is 11.7 Å². The molecule has 0 aromatic heterocycles. The monoisotopic (exact) mass is 513 g/mol. The summed E-state index contributed by atoms with van der Waals surface area (Å²) in [5.41, 5.74) is 2.86. The molecule has 0 saturated heterocycles. The minimum atomic E-state index is -1.66. The van der Waals surface area contributed by atoms with Gasteiger partial charge >= 0.3 is 0 Å². The quantitative estimate of drug-likeness (QED) is 0.416. The van der Waals surface area contributed by atoms with Crippen LogP contribution in [0.25, 0.3) is 0 Å². The smallest absolute Gasteiger partial charge is 0.235 e. The molecule has 4 unspecified atom stereocenters. The maximum absolute atomic E-state index is 13.9. The van der Waals surface area contributed by atoms with E-state index in [4.69, 9.17) is 0 Å². The SMILES string of the molecule is Cc1ccccc1NC(=O)C1C(=O)CC(C)(O)C(C(=O)Nc2ccccc2C)C1c1ccc(N(C)C)cc1. The average Bonchev–Trinajstić information content (AvgIpc) is 2.85. The van der Waals surface area contributed by atoms with Crippen LogP contribution in [-0.4, -0.2) is 42.4 Å². The largest absolute Gasteiger partial charge is 0.389 e. The molecule has 3 N–H and O–H groups in total. The molecule has 2 amide bonds. The molecule has 0 radical (unpaired) electrons. The van der Waals surface area contributed by atoms with Crippen molar-refractivity contribution in [2.24, 2.45) is 11.8 Å². The third kappa shape index (κ3) is 5.48. The van der Waals surface area contributed by atoms with Gasteiger partial charge in [0.25, 0.3) is 0 Å². The van der Waals surface area contributed by atoms with Gasteiger partial charge in [-0.1, -0.05) is 48.5 Å². The number of rotatable bonds is 6. The fourth-order valence-corrected chi connectivity index (χ4v) is 5.33. The maximum atomic E-state index is 13.9. The van der Waals surface area contributed by atoms with E-state index in [1.807, 2.05) is 93.5 Å². The van der Waals surface area contributed by atoms with Gasteiger partial charge in [0.15, 0.2) is 0 Å². The molecule has 1 fully saturated rings. The Morgan fingerprint density at radius 2 is 1.34 bits per heavy atom. The third-order valence-corrected chi connectivity index (χ3v) is 7.43. The Balaban J connectivity index is 1.79. The molecule has 0 aliphatic heterocycles. The summed E-state index contributed by atoms with van der Waals surface area (Å²) in [6, 6.07) is 22.1. The molecule has 1 aliphatic carbocycles. The summed E-state index contributed by atoms with van der Waals surface area (Å²) in [7, 11) is 3.83. The number of carbonyl (C=O) groups excluding carboxylic acids is 3. The highest BCUT2D eigenvalue weighted by atomic mass is 16.3. The first kappa shape index (κ1) is 27.1. The minimum absolute atomic E-state index is 0.309. The lowest BCUT2D eigenvalue weighted by atomic mass is 9.61. The number of nitrogens with zero attached hydrogens (tertiary/aromatic N) is 1. The number of amides is 2. The second-order valence-electron chi connectivity index (χ2n) is 10.6. The van der Waals surface area contributed by atoms with Gasteiger partial charge in [-0.05, 0) is 61.7 Å². The Morgan fingerprint density at radius 1 is 0.842 bits per heavy atom. The number of Topliss-reactive ketones (excluding diaryl/α,β-unsaturated/α-hetero) is 1. The van der Waals surface area contributed by atoms with E-state index in [-0.39, 0.29) is 6.42 Å². The summed E-state index contributed by atoms with van der Waals surface area (Å²) < 4.78 is 0. The molecule has 1 aliphatic rings. The van der Waals surface area contributed by atoms with Gasteiger partial charge < -0.3 is 20.6 Å². The van der Waals surface area contributed by atoms with Gasteiger partial charge in [-0.25, -0.2) is 0 Å². The molecule has 3 aromatic carbocycles. The molecule has 0 spiro atoms. The number of nitrogens with one attached hydrogen (secondary N) is 2. The zero-order valence-corrected chi connectivity index (χ0v) is 22.5. The number of hydrogen-bond acceptors (Lipinski definition) is 5. The molecule has 198 valence electrons. The van der Waals surface area contributed by atoms with Crippen molar-refractivity contribution in [2.75, 3.05) is 29.6 Å². The summed E-state index contributed by atoms with van der Waals surface area (Å²) in [5.74, 6) is -4.43. The number of ketones is 1. The molecule has 1 saturated carbocycles. The predicted octanol–water partition coefficient (Wildman–Crippen LogP) is 4.69. The molecule has 7 heteroatoms. The second-order valence-corrected chi connectivity index (χ2v) is 10.6. The van der Waals surface area contributed by atoms with E-state index in [0.29, 0.717) is 16.9 Å². The predicted molar refractivity (Wildman–Crippen MR) is 150 cm³/mol. The Labute approximate surface area is 223 Å². The van der Waals surface area contributed by atoms with Crippen LogP contribution in [0, 0.1) is 25.7 Å². The summed E-state index contributed by atoms with van der Waals surface area (Å²) in [4.78, 5) is 43.0. The highest BCUT2D eigenvalue weighted by Crippen LogP contribution is 2.47. The van der Waals surface area contributed by atoms with E-state index < -0.39 is 41.0 Å². The van der Waals surface area contributed by atoms with Gasteiger partial charge in [0, 0.05) is 43.5 Å². The van der Waals surface area contributed by atoms with Crippen LogP contribution in [0.3, 0.4) is 0 Å². The number of aliphatic hydroxyl groups is 1. The van der Waals surface area contributed by atoms with Crippen molar-refractivity contribution in [3.63, 3.8) is 0 Å². The zero-order valence-electron chi connectivity index (χ0n) is 22.5. The maximum Gasteiger partial charge on any atom is 0.235 e. The lowest BCUT2D eigenvalue weighted by Gasteiger charge is -2.44. The van der Waals surface area contributed by atoms with Gasteiger partial charge in [-0.2, -0.15) is 0 Å². The first-order valence-electron chi connectivity index (χ1n) is 12.7. The van der Waals surface area contributed by atoms with E-state index >= 15 is 0 Å². The Bertz CT molecular complexity index is 1350. The first-order chi connectivity index (χ1) is 18.0. The molecule has 4 rings (SSSR count). The normalized spacial score (nSPS) is 23.0. The number of benzene rings is 3. The summed E-state index contributed by atoms with van der Waals surface area (Å²) >= 11 is 0. The number of para-hydroxylation sites is 2. The lowest BCUT2D eigenvalue weighted by Crippen LogP contribution is -2.56. The van der Waals surface area contributed by atoms with Gasteiger partial charge in [0.05, 0.1) is 11.5 Å². The van der Waals surface area contributed by atoms with Crippen molar-refractivity contribution in [3.8, 4) is 0 Å². The third-order valence-electron chi connectivity index (χ3n) is 7.43. The van der Waals surface area contributed by atoms with Crippen LogP contribution in [0.1, 0.15) is 36.0 Å². The van der Waals surface area contributed by atoms with Gasteiger partial charge in [0.2, 0.25) is 11.8 Å². The van der Waals surface area contributed by atoms with Gasteiger partial charge in [-0.3, -0.25) is 14.4 Å². The summed E-state index contributed by atoms with van der Waals surface area (Å²) in [6.45, 7) is 5.26. The Morgan fingerprint density at radius 3 is 1.84 bits per heavy atom. The molecule has 7 nitrogen and oxygen atoms in total. The number of hydrogen-bond donors (Lipinski definition) is 3. The van der Waals surface area contributed by atoms with Crippen molar-refractivity contribution in [1.82, 2.24) is 0 Å². The first-order valence-corrected chi connectivity index (χ1v) is 12.7. The lowest BCUT2D eigenvalue weighted by molar-refractivity contribution is -0.150. The number of aryl methyl sites for hydroxylation is 2. The van der Waals surface area contributed by atoms with Crippen molar-refractivity contribution in [3.05, 3.63) is 89.5 Å². The van der Waals surface area contributed by atoms with E-state index in [9.17, 15) is 19.5 Å². The van der Waals surface area contributed by atoms with Crippen molar-refractivity contribution < 1.29 is 19.5 Å². The molecular formula is C31H35N3O4. The zero-order chi connectivity index (χ0) is 27.6. The van der Waals surface area contributed by atoms with Crippen LogP contribution in [0.4, 0.5) is 17.1 Å². The molecule has 0 bridgehead atoms. The molecule has 0 heterocycles. The number of anilines is 3. The Kier molecular flexibility index (Phi) is 7.69. The molecule has 4 atom stereocenters. The summed E-state index contributed by atoms with van der Waals surface area (Å²) in [6.07, 6.45) is -0.309. The van der Waals surface area contributed by atoms with Crippen LogP contribution < -0.4 is 15.5 Å². The van der Waals surface area contributed by atoms with Crippen LogP contribution in [0.5, 0.6) is 0 Å². The Hall–Kier alpha value is -3.97. The minimum Gasteiger partial charge on any atom is -0.389 e. The van der Waals surface area contributed by atoms with Crippen molar-refractivity contribution in [2.45, 2.75) is 38.7 Å². The average molecular weight is 514 g/mol. The molecular weight excluding hydrogens is 478 g/mol. The highest BCUT2D eigenvalue weighted by Gasteiger charge is 2.56. The van der Waals surface area contributed by atoms with Crippen LogP contribution in [0.15, 0.2) is 72.8 Å². The fourth-order valence-electron chi connectivity index (χ4n) is 5.33. The van der Waals surface area contributed by atoms with E-state index in [2.05, 4.69) is 10.6 Å².